The third-order valence-corrected chi connectivity index (χ3v) is 31.0. The minimum atomic E-state index is -0.982. The van der Waals surface area contributed by atoms with Crippen LogP contribution in [0.15, 0.2) is 250 Å². The fourth-order valence-corrected chi connectivity index (χ4v) is 14.2. The van der Waals surface area contributed by atoms with Gasteiger partial charge < -0.3 is 28.4 Å². The van der Waals surface area contributed by atoms with E-state index in [4.69, 9.17) is 28.4 Å². The number of ketones is 1. The van der Waals surface area contributed by atoms with Gasteiger partial charge in [0.2, 0.25) is 0 Å². The first-order valence-electron chi connectivity index (χ1n) is 54.7. The van der Waals surface area contributed by atoms with Gasteiger partial charge in [0.25, 0.3) is 0 Å². The largest absolute Gasteiger partial charge is 0.497 e. The van der Waals surface area contributed by atoms with Gasteiger partial charge in [-0.3, -0.25) is 28.8 Å². The number of esters is 5. The van der Waals surface area contributed by atoms with Crippen molar-refractivity contribution in [3.63, 3.8) is 0 Å². The lowest BCUT2D eigenvalue weighted by Gasteiger charge is -2.40. The van der Waals surface area contributed by atoms with Gasteiger partial charge in [0.05, 0.1) is 51.4 Å². The molecule has 8 aromatic rings. The molecule has 0 amide bonds. The number of carbonyl (C=O) groups is 6. The first-order valence-corrected chi connectivity index (χ1v) is 57.8. The number of rotatable bonds is 28. The van der Waals surface area contributed by atoms with Crippen LogP contribution in [0.4, 0.5) is 0 Å². The van der Waals surface area contributed by atoms with Gasteiger partial charge in [0.15, 0.2) is 0 Å². The molecule has 13 heteroatoms. The number of carbonyl (C=O) groups excluding carboxylic acids is 6. The van der Waals surface area contributed by atoms with Crippen molar-refractivity contribution in [2.24, 2.45) is 87.8 Å². The van der Waals surface area contributed by atoms with Crippen LogP contribution in [-0.2, 0) is 77.3 Å². The highest BCUT2D eigenvalue weighted by Gasteiger charge is 2.40. The van der Waals surface area contributed by atoms with Crippen LogP contribution in [-0.4, -0.2) is 76.2 Å². The van der Waals surface area contributed by atoms with Gasteiger partial charge in [-0.2, -0.15) is 0 Å². The molecule has 8 aromatic carbocycles. The number of allylic oxidation sites excluding steroid dienone is 1. The first kappa shape index (κ1) is 146. The monoisotopic (exact) mass is 2050 g/mol. The van der Waals surface area contributed by atoms with Crippen LogP contribution in [0.25, 0.3) is 11.1 Å². The predicted molar refractivity (Wildman–Crippen MR) is 640 cm³/mol. The summed E-state index contributed by atoms with van der Waals surface area (Å²) in [5.74, 6) is 5.91. The van der Waals surface area contributed by atoms with Gasteiger partial charge in [-0.1, -0.05) is 526 Å². The third-order valence-electron chi connectivity index (χ3n) is 24.2. The molecule has 0 aromatic heterocycles. The van der Waals surface area contributed by atoms with Gasteiger partial charge in [0, 0.05) is 17.3 Å². The van der Waals surface area contributed by atoms with Crippen LogP contribution in [0.2, 0.25) is 23.7 Å². The van der Waals surface area contributed by atoms with E-state index in [0.29, 0.717) is 48.2 Å². The standard InChI is InChI=1S/C22H22.C18H18O2.C11H14O2.C11H22O2.C11H16O.C10H14.C9H22Si.C8H16O2.C7H12O2.C7H16.C6H12.C5H10O.C5H12.C4H10/c1-18(2)22(19-12-6-3-7-13-19,20-14-8-4-9-15-20)21-16-10-5-11-17-21;1-12(2)18(19)20-11-17-15-9-5-3-7-13(15)14-8-4-6-10-16(14)17;1-9(2)11(12)13-8-10-6-4-3-5-7-10;1-9(2)10(12)13-8-6-7-11(3,4)5;1-9(2)8-10-4-6-11(12-3)7-5-10;1-9(2)8-10-6-4-3-5-7-10;1-8(2)10(6,7)9(3,4)5;1-6(2)7(9)10-8(3,4)5;1-4-5-9-7(8)6(2)3;1-6(2)7(3,4)5;1-4-5-6(2)3;1-4(2)5(3)6;1-4-5(2)3;1-4(2)3/h3-18H,1-2H3;3-10,12,17H,11H2,1-2H3;3-7,9H,8H2,1-2H3;9H,6-8H2,1-5H3;4-7,9H,8H2,1-3H3;3-7,9H,8H2,1-2H3;8H,1-7H3;6H,1-5H3;4,6H,1,5H2,2-3H3;6H,1-5H3;4,6H,1,5H2,2-3H3;4H,1-3H3;5H,4H2,1-3H3;4H,1-3H3. The Morgan fingerprint density at radius 3 is 0.939 bits per heavy atom. The highest BCUT2D eigenvalue weighted by molar-refractivity contribution is 6.81. The summed E-state index contributed by atoms with van der Waals surface area (Å²) in [7, 11) is 0.710. The molecule has 0 fully saturated rings. The normalized spacial score (nSPS) is 11.3. The lowest BCUT2D eigenvalue weighted by atomic mass is 9.63. The Kier molecular flexibility index (Phi) is 78.7. The van der Waals surface area contributed by atoms with E-state index in [2.05, 4.69) is 383 Å². The number of fused-ring (bicyclic) bond motifs is 3. The minimum absolute atomic E-state index is 0.00497. The Hall–Kier alpha value is -9.72. The molecular weight excluding hydrogens is 1830 g/mol. The average Bonchev–Trinajstić information content (AvgIpc) is 0.835. The highest BCUT2D eigenvalue weighted by atomic mass is 28.3. The molecule has 0 bridgehead atoms. The Morgan fingerprint density at radius 2 is 0.687 bits per heavy atom. The third kappa shape index (κ3) is 71.6. The molecule has 0 saturated heterocycles. The highest BCUT2D eigenvalue weighted by Crippen LogP contribution is 2.47. The van der Waals surface area contributed by atoms with Crippen molar-refractivity contribution < 1.29 is 57.2 Å². The molecule has 0 spiro atoms. The Balaban J connectivity index is -0.000000505. The Morgan fingerprint density at radius 1 is 0.374 bits per heavy atom. The van der Waals surface area contributed by atoms with Crippen molar-refractivity contribution in [1.82, 2.24) is 0 Å². The van der Waals surface area contributed by atoms with Gasteiger partial charge in [-0.05, 0) is 185 Å². The molecule has 0 heterocycles. The molecule has 0 saturated carbocycles. The fraction of sp³-hybridized carbons (Fsp3) is 0.567. The summed E-state index contributed by atoms with van der Waals surface area (Å²) in [6.45, 7) is 104. The summed E-state index contributed by atoms with van der Waals surface area (Å²) in [5, 5.41) is 0.557. The number of hydrogen-bond acceptors (Lipinski definition) is 12. The molecule has 1 aliphatic rings. The minimum Gasteiger partial charge on any atom is -0.497 e. The molecule has 147 heavy (non-hydrogen) atoms. The van der Waals surface area contributed by atoms with E-state index in [9.17, 15) is 28.8 Å². The van der Waals surface area contributed by atoms with Crippen molar-refractivity contribution >= 4 is 43.7 Å². The van der Waals surface area contributed by atoms with Crippen LogP contribution in [0, 0.1) is 87.8 Å². The van der Waals surface area contributed by atoms with Gasteiger partial charge in [0.1, 0.15) is 37.0 Å². The summed E-state index contributed by atoms with van der Waals surface area (Å²) >= 11 is 0. The SMILES string of the molecule is C=CCC(C)C.C=CCOC(=O)C(C)C.CC(=O)C(C)C.CC(C)C.CC(C)C(=O)OC(C)(C)C.CC(C)C(=O)OCC1c2ccccc2-c2ccccc21.CC(C)C(=O)OCCCC(C)(C)C.CC(C)C(=O)OCc1ccccc1.CC(C)C(C)(C)C.CC(C)C(c1ccccc1)(c1ccccc1)c1ccccc1.CC(C)Cc1ccccc1.CC(C)[Si](C)(C)C(C)(C)C.CCC(C)C.COc1ccc(CC(C)C)cc1. The summed E-state index contributed by atoms with van der Waals surface area (Å²) in [6, 6.07) is 77.9. The molecule has 0 atom stereocenters. The van der Waals surface area contributed by atoms with Gasteiger partial charge in [-0.15, -0.1) is 6.58 Å². The van der Waals surface area contributed by atoms with Crippen LogP contribution in [0.3, 0.4) is 0 Å². The van der Waals surface area contributed by atoms with E-state index in [1.807, 2.05) is 151 Å². The van der Waals surface area contributed by atoms with E-state index in [0.717, 1.165) is 78.0 Å². The summed E-state index contributed by atoms with van der Waals surface area (Å²) in [6.07, 6.45) is 10.3. The van der Waals surface area contributed by atoms with Crippen molar-refractivity contribution in [2.75, 3.05) is 26.9 Å². The van der Waals surface area contributed by atoms with E-state index in [1.165, 1.54) is 62.9 Å². The lowest BCUT2D eigenvalue weighted by Crippen LogP contribution is -2.39. The van der Waals surface area contributed by atoms with Crippen molar-refractivity contribution in [2.45, 2.75) is 383 Å². The van der Waals surface area contributed by atoms with Gasteiger partial charge >= 0.3 is 29.8 Å². The van der Waals surface area contributed by atoms with Crippen molar-refractivity contribution in [1.29, 1.82) is 0 Å². The zero-order valence-corrected chi connectivity index (χ0v) is 103. The second-order valence-electron chi connectivity index (χ2n) is 48.0. The maximum Gasteiger partial charge on any atom is 0.308 e. The van der Waals surface area contributed by atoms with Crippen LogP contribution in [0.5, 0.6) is 5.75 Å². The summed E-state index contributed by atoms with van der Waals surface area (Å²) < 4.78 is 30.4. The Bertz CT molecular complexity index is 4510. The zero-order chi connectivity index (χ0) is 114. The maximum atomic E-state index is 11.7. The second-order valence-corrected chi connectivity index (χ2v) is 54.1. The molecule has 1 aliphatic carbocycles. The first-order chi connectivity index (χ1) is 68.0. The molecule has 0 aliphatic heterocycles. The molecule has 9 rings (SSSR count). The maximum absolute atomic E-state index is 11.7. The molecule has 12 nitrogen and oxygen atoms in total. The molecular formula is C134H216O12Si. The molecule has 0 N–H and O–H groups in total. The van der Waals surface area contributed by atoms with E-state index in [-0.39, 0.29) is 88.1 Å². The molecule has 0 radical (unpaired) electrons. The summed E-state index contributed by atoms with van der Waals surface area (Å²) in [5.41, 5.74) is 14.2. The topological polar surface area (TPSA) is 158 Å². The van der Waals surface area contributed by atoms with Crippen LogP contribution >= 0.6 is 0 Å². The molecule has 828 valence electrons. The average molecular weight is 2050 g/mol. The van der Waals surface area contributed by atoms with E-state index >= 15 is 0 Å². The van der Waals surface area contributed by atoms with E-state index < -0.39 is 8.07 Å². The Labute approximate surface area is 904 Å². The number of hydrogen-bond donors (Lipinski definition) is 0. The van der Waals surface area contributed by atoms with Crippen LogP contribution < -0.4 is 4.74 Å². The number of methoxy groups -OCH3 is 1. The number of ether oxygens (including phenoxy) is 6. The molecule has 0 unspecified atom stereocenters. The number of benzene rings is 8. The zero-order valence-electron chi connectivity index (χ0n) is 102. The van der Waals surface area contributed by atoms with Gasteiger partial charge in [-0.25, -0.2) is 0 Å². The second kappa shape index (κ2) is 79.4. The van der Waals surface area contributed by atoms with Crippen molar-refractivity contribution in [3.05, 3.63) is 294 Å². The lowest BCUT2D eigenvalue weighted by molar-refractivity contribution is -0.158. The van der Waals surface area contributed by atoms with E-state index in [1.54, 1.807) is 34.0 Å². The smallest absolute Gasteiger partial charge is 0.308 e. The summed E-state index contributed by atoms with van der Waals surface area (Å²) in [4.78, 5) is 65.6. The van der Waals surface area contributed by atoms with Crippen LogP contribution in [0.1, 0.15) is 374 Å². The fourth-order valence-electron chi connectivity index (χ4n) is 12.5. The predicted octanol–water partition coefficient (Wildman–Crippen LogP) is 38.0. The quantitative estimate of drug-likeness (QED) is 0.0114. The van der Waals surface area contributed by atoms with Crippen molar-refractivity contribution in [3.8, 4) is 16.9 Å². The number of Topliss-reactive ketones (excluding diaryl/α,β-unsaturated/α-hetero) is 1.